The van der Waals surface area contributed by atoms with Crippen molar-refractivity contribution in [2.75, 3.05) is 12.3 Å². The summed E-state index contributed by atoms with van der Waals surface area (Å²) in [6.07, 6.45) is 1.79. The van der Waals surface area contributed by atoms with Gasteiger partial charge in [0.2, 0.25) is 0 Å². The number of carboxylic acid groups (broad SMARTS) is 1. The molecule has 27 heavy (non-hydrogen) atoms. The summed E-state index contributed by atoms with van der Waals surface area (Å²) in [5.74, 6) is -0.101. The fourth-order valence-corrected chi connectivity index (χ4v) is 2.69. The van der Waals surface area contributed by atoms with Crippen molar-refractivity contribution >= 4 is 39.5 Å². The second kappa shape index (κ2) is 9.09. The number of carbonyl (C=O) groups is 2. The molecule has 0 bridgehead atoms. The van der Waals surface area contributed by atoms with E-state index in [0.717, 1.165) is 28.5 Å². The zero-order chi connectivity index (χ0) is 20.0. The van der Waals surface area contributed by atoms with Gasteiger partial charge in [-0.2, -0.15) is 0 Å². The SMILES string of the molecule is CC(C)Cn1cnc2c(N)nc3ccccc3c21.NCC(=O)CCC(=O)O. The van der Waals surface area contributed by atoms with Crippen LogP contribution in [0.2, 0.25) is 0 Å². The monoisotopic (exact) mass is 371 g/mol. The molecule has 0 spiro atoms. The highest BCUT2D eigenvalue weighted by Gasteiger charge is 2.12. The molecule has 0 aliphatic carbocycles. The third-order valence-corrected chi connectivity index (χ3v) is 3.89. The zero-order valence-corrected chi connectivity index (χ0v) is 15.6. The third kappa shape index (κ3) is 5.24. The molecule has 144 valence electrons. The smallest absolute Gasteiger partial charge is 0.303 e. The molecule has 0 aliphatic heterocycles. The van der Waals surface area contributed by atoms with Crippen molar-refractivity contribution in [2.24, 2.45) is 11.7 Å². The van der Waals surface area contributed by atoms with Gasteiger partial charge in [0.05, 0.1) is 30.3 Å². The highest BCUT2D eigenvalue weighted by atomic mass is 16.4. The summed E-state index contributed by atoms with van der Waals surface area (Å²) in [5.41, 5.74) is 13.7. The van der Waals surface area contributed by atoms with E-state index in [1.54, 1.807) is 0 Å². The molecule has 2 aromatic heterocycles. The van der Waals surface area contributed by atoms with Crippen molar-refractivity contribution in [2.45, 2.75) is 33.2 Å². The lowest BCUT2D eigenvalue weighted by Gasteiger charge is -2.09. The number of Topliss-reactive ketones (excluding diaryl/α,β-unsaturated/α-hetero) is 1. The van der Waals surface area contributed by atoms with Gasteiger partial charge in [-0.25, -0.2) is 9.97 Å². The molecule has 0 radical (unpaired) electrons. The summed E-state index contributed by atoms with van der Waals surface area (Å²) in [5, 5.41) is 9.18. The first kappa shape index (κ1) is 20.3. The molecule has 8 nitrogen and oxygen atoms in total. The first-order chi connectivity index (χ1) is 12.8. The van der Waals surface area contributed by atoms with Crippen molar-refractivity contribution in [3.05, 3.63) is 30.6 Å². The van der Waals surface area contributed by atoms with E-state index < -0.39 is 5.97 Å². The first-order valence-corrected chi connectivity index (χ1v) is 8.76. The van der Waals surface area contributed by atoms with Crippen LogP contribution in [-0.2, 0) is 16.1 Å². The van der Waals surface area contributed by atoms with Gasteiger partial charge >= 0.3 is 5.97 Å². The molecule has 0 unspecified atom stereocenters. The minimum atomic E-state index is -0.961. The van der Waals surface area contributed by atoms with E-state index in [9.17, 15) is 9.59 Å². The van der Waals surface area contributed by atoms with E-state index >= 15 is 0 Å². The number of nitrogen functional groups attached to an aromatic ring is 1. The Morgan fingerprint density at radius 3 is 2.56 bits per heavy atom. The maximum absolute atomic E-state index is 10.3. The molecule has 0 aliphatic rings. The van der Waals surface area contributed by atoms with Crippen LogP contribution < -0.4 is 11.5 Å². The number of fused-ring (bicyclic) bond motifs is 3. The predicted octanol–water partition coefficient (Wildman–Crippen LogP) is 2.20. The van der Waals surface area contributed by atoms with Crippen molar-refractivity contribution < 1.29 is 14.7 Å². The van der Waals surface area contributed by atoms with E-state index in [4.69, 9.17) is 16.6 Å². The number of hydrogen-bond acceptors (Lipinski definition) is 6. The number of nitrogens with two attached hydrogens (primary N) is 2. The highest BCUT2D eigenvalue weighted by Crippen LogP contribution is 2.27. The highest BCUT2D eigenvalue weighted by molar-refractivity contribution is 6.06. The van der Waals surface area contributed by atoms with Crippen LogP contribution in [0.4, 0.5) is 5.82 Å². The number of anilines is 1. The molecule has 0 saturated carbocycles. The number of pyridine rings is 1. The molecule has 2 heterocycles. The minimum absolute atomic E-state index is 0.0475. The van der Waals surface area contributed by atoms with Gasteiger partial charge in [0.25, 0.3) is 0 Å². The fraction of sp³-hybridized carbons (Fsp3) is 0.368. The second-order valence-electron chi connectivity index (χ2n) is 6.64. The van der Waals surface area contributed by atoms with Gasteiger partial charge in [-0.3, -0.25) is 9.59 Å². The normalized spacial score (nSPS) is 10.8. The topological polar surface area (TPSA) is 137 Å². The van der Waals surface area contributed by atoms with E-state index in [0.29, 0.717) is 11.7 Å². The molecule has 5 N–H and O–H groups in total. The number of rotatable bonds is 6. The number of imidazole rings is 1. The van der Waals surface area contributed by atoms with Crippen LogP contribution in [0.1, 0.15) is 26.7 Å². The van der Waals surface area contributed by atoms with Crippen LogP contribution in [0.15, 0.2) is 30.6 Å². The fourth-order valence-electron chi connectivity index (χ4n) is 2.69. The summed E-state index contributed by atoms with van der Waals surface area (Å²) in [6, 6.07) is 8.05. The lowest BCUT2D eigenvalue weighted by Crippen LogP contribution is -2.14. The van der Waals surface area contributed by atoms with Crippen molar-refractivity contribution in [1.82, 2.24) is 14.5 Å². The molecular weight excluding hydrogens is 346 g/mol. The largest absolute Gasteiger partial charge is 0.481 e. The molecule has 0 amide bonds. The number of aromatic nitrogens is 3. The summed E-state index contributed by atoms with van der Waals surface area (Å²) in [7, 11) is 0. The van der Waals surface area contributed by atoms with Gasteiger partial charge in [0.1, 0.15) is 11.3 Å². The Labute approximate surface area is 157 Å². The molecular formula is C19H25N5O3. The van der Waals surface area contributed by atoms with Crippen LogP contribution in [0.3, 0.4) is 0 Å². The molecule has 1 aromatic carbocycles. The van der Waals surface area contributed by atoms with Crippen molar-refractivity contribution in [1.29, 1.82) is 0 Å². The van der Waals surface area contributed by atoms with E-state index in [1.807, 2.05) is 24.5 Å². The first-order valence-electron chi connectivity index (χ1n) is 8.76. The van der Waals surface area contributed by atoms with Gasteiger partial charge < -0.3 is 21.1 Å². The van der Waals surface area contributed by atoms with Gasteiger partial charge in [0, 0.05) is 18.4 Å². The van der Waals surface area contributed by atoms with Crippen LogP contribution in [-0.4, -0.2) is 37.9 Å². The number of para-hydroxylation sites is 1. The van der Waals surface area contributed by atoms with Gasteiger partial charge in [-0.1, -0.05) is 32.0 Å². The zero-order valence-electron chi connectivity index (χ0n) is 15.6. The molecule has 0 fully saturated rings. The Morgan fingerprint density at radius 1 is 1.22 bits per heavy atom. The molecule has 0 saturated heterocycles. The van der Waals surface area contributed by atoms with Gasteiger partial charge in [0.15, 0.2) is 5.82 Å². The average molecular weight is 371 g/mol. The Kier molecular flexibility index (Phi) is 6.84. The molecule has 3 aromatic rings. The predicted molar refractivity (Wildman–Crippen MR) is 105 cm³/mol. The number of ketones is 1. The lowest BCUT2D eigenvalue weighted by atomic mass is 10.1. The summed E-state index contributed by atoms with van der Waals surface area (Å²) in [6.45, 7) is 5.26. The standard InChI is InChI=1S/C14H16N4.C5H9NO3/c1-9(2)7-18-8-16-12-13(18)10-5-3-4-6-11(10)17-14(12)15;6-3-4(7)1-2-5(8)9/h3-6,8-9H,7H2,1-2H3,(H2,15,17);1-3,6H2,(H,8,9). The summed E-state index contributed by atoms with van der Waals surface area (Å²) in [4.78, 5) is 28.9. The number of hydrogen-bond donors (Lipinski definition) is 3. The maximum atomic E-state index is 10.3. The summed E-state index contributed by atoms with van der Waals surface area (Å²) < 4.78 is 2.17. The lowest BCUT2D eigenvalue weighted by molar-refractivity contribution is -0.138. The quantitative estimate of drug-likeness (QED) is 0.604. The van der Waals surface area contributed by atoms with Crippen LogP contribution in [0, 0.1) is 5.92 Å². The third-order valence-electron chi connectivity index (χ3n) is 3.89. The maximum Gasteiger partial charge on any atom is 0.303 e. The Balaban J connectivity index is 0.000000249. The Morgan fingerprint density at radius 2 is 1.93 bits per heavy atom. The summed E-state index contributed by atoms with van der Waals surface area (Å²) >= 11 is 0. The molecule has 0 atom stereocenters. The van der Waals surface area contributed by atoms with Crippen LogP contribution in [0.25, 0.3) is 21.9 Å². The number of nitrogens with zero attached hydrogens (tertiary/aromatic N) is 3. The van der Waals surface area contributed by atoms with Crippen molar-refractivity contribution in [3.8, 4) is 0 Å². The van der Waals surface area contributed by atoms with Crippen LogP contribution >= 0.6 is 0 Å². The number of carbonyl (C=O) groups excluding carboxylic acids is 1. The number of carboxylic acids is 1. The number of benzene rings is 1. The Hall–Kier alpha value is -3.00. The molecule has 3 rings (SSSR count). The van der Waals surface area contributed by atoms with Gasteiger partial charge in [-0.15, -0.1) is 0 Å². The Bertz CT molecular complexity index is 949. The van der Waals surface area contributed by atoms with Crippen molar-refractivity contribution in [3.63, 3.8) is 0 Å². The van der Waals surface area contributed by atoms with E-state index in [2.05, 4.69) is 34.4 Å². The van der Waals surface area contributed by atoms with Crippen LogP contribution in [0.5, 0.6) is 0 Å². The second-order valence-corrected chi connectivity index (χ2v) is 6.64. The van der Waals surface area contributed by atoms with E-state index in [-0.39, 0.29) is 25.2 Å². The number of aliphatic carboxylic acids is 1. The molecule has 8 heteroatoms. The van der Waals surface area contributed by atoms with E-state index in [1.165, 1.54) is 0 Å². The van der Waals surface area contributed by atoms with Gasteiger partial charge in [-0.05, 0) is 12.0 Å². The average Bonchev–Trinajstić information content (AvgIpc) is 3.04. The minimum Gasteiger partial charge on any atom is -0.481 e.